The van der Waals surface area contributed by atoms with Crippen LogP contribution in [0.25, 0.3) is 0 Å². The van der Waals surface area contributed by atoms with Crippen LogP contribution in [-0.4, -0.2) is 45.7 Å². The molecular formula is C14H21N3O5S. The second-order valence-corrected chi connectivity index (χ2v) is 7.58. The molecule has 0 aliphatic carbocycles. The van der Waals surface area contributed by atoms with E-state index in [2.05, 4.69) is 4.72 Å². The van der Waals surface area contributed by atoms with Gasteiger partial charge in [-0.25, -0.2) is 13.1 Å². The maximum atomic E-state index is 11.8. The van der Waals surface area contributed by atoms with Crippen LogP contribution in [-0.2, 0) is 14.8 Å². The molecule has 2 rings (SSSR count). The van der Waals surface area contributed by atoms with Crippen molar-refractivity contribution in [3.63, 3.8) is 0 Å². The van der Waals surface area contributed by atoms with Gasteiger partial charge < -0.3 is 9.64 Å². The molecule has 1 aromatic carbocycles. The molecule has 9 heteroatoms. The summed E-state index contributed by atoms with van der Waals surface area (Å²) >= 11 is 0. The first-order chi connectivity index (χ1) is 10.7. The van der Waals surface area contributed by atoms with E-state index in [9.17, 15) is 18.5 Å². The molecule has 1 heterocycles. The van der Waals surface area contributed by atoms with Crippen molar-refractivity contribution in [2.75, 3.05) is 31.6 Å². The van der Waals surface area contributed by atoms with Crippen LogP contribution in [0.4, 0.5) is 11.4 Å². The first-order valence-electron chi connectivity index (χ1n) is 7.33. The van der Waals surface area contributed by atoms with Gasteiger partial charge in [-0.05, 0) is 32.5 Å². The summed E-state index contributed by atoms with van der Waals surface area (Å²) in [7, 11) is -2.46. The van der Waals surface area contributed by atoms with Crippen molar-refractivity contribution in [3.8, 4) is 0 Å². The summed E-state index contributed by atoms with van der Waals surface area (Å²) in [6.45, 7) is 5.47. The quantitative estimate of drug-likeness (QED) is 0.642. The van der Waals surface area contributed by atoms with E-state index in [0.29, 0.717) is 25.4 Å². The monoisotopic (exact) mass is 343 g/mol. The molecule has 1 aromatic rings. The molecule has 0 saturated carbocycles. The number of nitrogens with one attached hydrogen (secondary N) is 1. The Morgan fingerprint density at radius 3 is 2.74 bits per heavy atom. The van der Waals surface area contributed by atoms with Gasteiger partial charge in [0.1, 0.15) is 5.69 Å². The van der Waals surface area contributed by atoms with Crippen molar-refractivity contribution in [1.82, 2.24) is 4.72 Å². The van der Waals surface area contributed by atoms with Crippen molar-refractivity contribution in [1.29, 1.82) is 0 Å². The molecule has 1 aliphatic rings. The molecule has 0 bridgehead atoms. The zero-order chi connectivity index (χ0) is 17.3. The molecule has 0 amide bonds. The van der Waals surface area contributed by atoms with E-state index in [1.165, 1.54) is 19.2 Å². The maximum Gasteiger partial charge on any atom is 0.293 e. The number of hydrogen-bond acceptors (Lipinski definition) is 6. The Hall–Kier alpha value is -1.71. The molecule has 0 aromatic heterocycles. The van der Waals surface area contributed by atoms with Gasteiger partial charge in [0, 0.05) is 19.2 Å². The van der Waals surface area contributed by atoms with E-state index in [1.54, 1.807) is 0 Å². The molecule has 1 atom stereocenters. The molecular weight excluding hydrogens is 322 g/mol. The van der Waals surface area contributed by atoms with E-state index in [-0.39, 0.29) is 16.2 Å². The number of benzene rings is 1. The Balaban J connectivity index is 2.45. The summed E-state index contributed by atoms with van der Waals surface area (Å²) in [5, 5.41) is 11.4. The van der Waals surface area contributed by atoms with Crippen molar-refractivity contribution < 1.29 is 18.1 Å². The molecule has 0 spiro atoms. The lowest BCUT2D eigenvalue weighted by Crippen LogP contribution is -2.50. The smallest absolute Gasteiger partial charge is 0.293 e. The summed E-state index contributed by atoms with van der Waals surface area (Å²) in [5.74, 6) is 0. The third-order valence-corrected chi connectivity index (χ3v) is 5.56. The van der Waals surface area contributed by atoms with Crippen LogP contribution in [0.1, 0.15) is 20.3 Å². The summed E-state index contributed by atoms with van der Waals surface area (Å²) < 4.78 is 31.6. The lowest BCUT2D eigenvalue weighted by atomic mass is 10.0. The van der Waals surface area contributed by atoms with Gasteiger partial charge in [-0.15, -0.1) is 0 Å². The number of rotatable bonds is 5. The third kappa shape index (κ3) is 3.62. The molecule has 128 valence electrons. The van der Waals surface area contributed by atoms with Crippen molar-refractivity contribution in [2.45, 2.75) is 30.8 Å². The van der Waals surface area contributed by atoms with Crippen molar-refractivity contribution in [2.24, 2.45) is 0 Å². The Bertz CT molecular complexity index is 706. The molecule has 1 N–H and O–H groups in total. The molecule has 1 unspecified atom stereocenters. The van der Waals surface area contributed by atoms with E-state index in [0.717, 1.165) is 12.5 Å². The Labute approximate surface area is 135 Å². The minimum absolute atomic E-state index is 0.123. The SMILES string of the molecule is CCC1(C)CN(c2ccc(S(=O)(=O)NC)cc2[N+](=O)[O-])CCO1. The standard InChI is InChI=1S/C14H21N3O5S/c1-4-14(2)10-16(7-8-22-14)12-6-5-11(23(20,21)15-3)9-13(12)17(18)19/h5-6,9,15H,4,7-8,10H2,1-3H3. The molecule has 8 nitrogen and oxygen atoms in total. The average Bonchev–Trinajstić information content (AvgIpc) is 2.54. The normalized spacial score (nSPS) is 22.1. The van der Waals surface area contributed by atoms with Gasteiger partial charge >= 0.3 is 0 Å². The number of ether oxygens (including phenoxy) is 1. The van der Waals surface area contributed by atoms with Crippen LogP contribution in [0, 0.1) is 10.1 Å². The second-order valence-electron chi connectivity index (χ2n) is 5.69. The first kappa shape index (κ1) is 17.6. The minimum atomic E-state index is -3.73. The predicted molar refractivity (Wildman–Crippen MR) is 86.2 cm³/mol. The minimum Gasteiger partial charge on any atom is -0.372 e. The van der Waals surface area contributed by atoms with Gasteiger partial charge in [0.15, 0.2) is 0 Å². The molecule has 1 fully saturated rings. The highest BCUT2D eigenvalue weighted by molar-refractivity contribution is 7.89. The van der Waals surface area contributed by atoms with Crippen molar-refractivity contribution in [3.05, 3.63) is 28.3 Å². The van der Waals surface area contributed by atoms with Crippen LogP contribution >= 0.6 is 0 Å². The average molecular weight is 343 g/mol. The molecule has 1 aliphatic heterocycles. The Kier molecular flexibility index (Phi) is 4.92. The second kappa shape index (κ2) is 6.42. The van der Waals surface area contributed by atoms with Crippen molar-refractivity contribution >= 4 is 21.4 Å². The third-order valence-electron chi connectivity index (χ3n) is 4.15. The molecule has 0 radical (unpaired) electrons. The highest BCUT2D eigenvalue weighted by Gasteiger charge is 2.33. The van der Waals surface area contributed by atoms with Crippen LogP contribution in [0.15, 0.2) is 23.1 Å². The molecule has 23 heavy (non-hydrogen) atoms. The molecule has 1 saturated heterocycles. The fourth-order valence-electron chi connectivity index (χ4n) is 2.55. The number of hydrogen-bond donors (Lipinski definition) is 1. The summed E-state index contributed by atoms with van der Waals surface area (Å²) in [6.07, 6.45) is 0.781. The number of nitro benzene ring substituents is 1. The zero-order valence-corrected chi connectivity index (χ0v) is 14.2. The van der Waals surface area contributed by atoms with Gasteiger partial charge in [0.2, 0.25) is 10.0 Å². The number of sulfonamides is 1. The van der Waals surface area contributed by atoms with Gasteiger partial charge in [0.05, 0.1) is 22.0 Å². The largest absolute Gasteiger partial charge is 0.372 e. The summed E-state index contributed by atoms with van der Waals surface area (Å²) in [4.78, 5) is 12.6. The van der Waals surface area contributed by atoms with Gasteiger partial charge in [-0.1, -0.05) is 6.92 Å². The number of nitrogens with zero attached hydrogens (tertiary/aromatic N) is 2. The lowest BCUT2D eigenvalue weighted by Gasteiger charge is -2.41. The number of nitro groups is 1. The van der Waals surface area contributed by atoms with Crippen LogP contribution < -0.4 is 9.62 Å². The van der Waals surface area contributed by atoms with E-state index in [1.807, 2.05) is 18.7 Å². The summed E-state index contributed by atoms with van der Waals surface area (Å²) in [5.41, 5.74) is -0.184. The van der Waals surface area contributed by atoms with Gasteiger partial charge in [0.25, 0.3) is 5.69 Å². The fraction of sp³-hybridized carbons (Fsp3) is 0.571. The number of anilines is 1. The van der Waals surface area contributed by atoms with E-state index in [4.69, 9.17) is 4.74 Å². The van der Waals surface area contributed by atoms with Crippen LogP contribution in [0.3, 0.4) is 0 Å². The highest BCUT2D eigenvalue weighted by Crippen LogP contribution is 2.34. The predicted octanol–water partition coefficient (Wildman–Crippen LogP) is 1.51. The number of morpholine rings is 1. The highest BCUT2D eigenvalue weighted by atomic mass is 32.2. The summed E-state index contributed by atoms with van der Waals surface area (Å²) in [6, 6.07) is 3.97. The first-order valence-corrected chi connectivity index (χ1v) is 8.81. The van der Waals surface area contributed by atoms with Crippen LogP contribution in [0.5, 0.6) is 0 Å². The Morgan fingerprint density at radius 2 is 2.17 bits per heavy atom. The zero-order valence-electron chi connectivity index (χ0n) is 13.4. The fourth-order valence-corrected chi connectivity index (χ4v) is 3.30. The van der Waals surface area contributed by atoms with E-state index >= 15 is 0 Å². The maximum absolute atomic E-state index is 11.8. The lowest BCUT2D eigenvalue weighted by molar-refractivity contribution is -0.384. The van der Waals surface area contributed by atoms with Gasteiger partial charge in [-0.2, -0.15) is 0 Å². The Morgan fingerprint density at radius 1 is 1.48 bits per heavy atom. The topological polar surface area (TPSA) is 102 Å². The van der Waals surface area contributed by atoms with Gasteiger partial charge in [-0.3, -0.25) is 10.1 Å². The van der Waals surface area contributed by atoms with E-state index < -0.39 is 14.9 Å². The van der Waals surface area contributed by atoms with Crippen LogP contribution in [0.2, 0.25) is 0 Å².